The number of para-hydroxylation sites is 1. The molecule has 0 aromatic heterocycles. The Morgan fingerprint density at radius 1 is 1.12 bits per heavy atom. The standard InChI is InChI=1S/C19H28N2O4S/c1-26(22,23)21-14-16-4-2-3-5-18(16)25-19(15-21)8-6-17(7-9-19)20-10-12-24-13-11-20/h2-5,17H,6-15H2,1H3. The van der Waals surface area contributed by atoms with Crippen LogP contribution in [-0.2, 0) is 21.3 Å². The van der Waals surface area contributed by atoms with Gasteiger partial charge in [-0.05, 0) is 31.7 Å². The maximum absolute atomic E-state index is 12.3. The highest BCUT2D eigenvalue weighted by Crippen LogP contribution is 2.40. The molecule has 0 bridgehead atoms. The lowest BCUT2D eigenvalue weighted by atomic mass is 9.81. The van der Waals surface area contributed by atoms with Crippen molar-refractivity contribution in [3.05, 3.63) is 29.8 Å². The minimum atomic E-state index is -3.27. The highest BCUT2D eigenvalue weighted by molar-refractivity contribution is 7.88. The molecule has 1 aromatic carbocycles. The van der Waals surface area contributed by atoms with E-state index < -0.39 is 15.6 Å². The van der Waals surface area contributed by atoms with E-state index >= 15 is 0 Å². The summed E-state index contributed by atoms with van der Waals surface area (Å²) in [5.74, 6) is 0.837. The smallest absolute Gasteiger partial charge is 0.211 e. The molecule has 0 amide bonds. The van der Waals surface area contributed by atoms with Gasteiger partial charge in [-0.15, -0.1) is 0 Å². The first-order chi connectivity index (χ1) is 12.5. The third kappa shape index (κ3) is 3.76. The van der Waals surface area contributed by atoms with Crippen molar-refractivity contribution >= 4 is 10.0 Å². The normalized spacial score (nSPS) is 31.2. The average molecular weight is 381 g/mol. The second kappa shape index (κ2) is 7.11. The van der Waals surface area contributed by atoms with Crippen molar-refractivity contribution < 1.29 is 17.9 Å². The van der Waals surface area contributed by atoms with Crippen LogP contribution in [0.4, 0.5) is 0 Å². The molecule has 2 heterocycles. The summed E-state index contributed by atoms with van der Waals surface area (Å²) in [5.41, 5.74) is 0.531. The van der Waals surface area contributed by atoms with Crippen molar-refractivity contribution in [1.29, 1.82) is 0 Å². The first-order valence-corrected chi connectivity index (χ1v) is 11.3. The summed E-state index contributed by atoms with van der Waals surface area (Å²) < 4.78 is 38.2. The van der Waals surface area contributed by atoms with Crippen molar-refractivity contribution in [2.24, 2.45) is 0 Å². The predicted molar refractivity (Wildman–Crippen MR) is 99.7 cm³/mol. The maximum Gasteiger partial charge on any atom is 0.211 e. The Labute approximate surface area is 156 Å². The number of sulfonamides is 1. The number of rotatable bonds is 2. The zero-order valence-corrected chi connectivity index (χ0v) is 16.2. The van der Waals surface area contributed by atoms with Gasteiger partial charge in [0.15, 0.2) is 0 Å². The second-order valence-corrected chi connectivity index (χ2v) is 9.79. The number of hydrogen-bond donors (Lipinski definition) is 0. The number of nitrogens with zero attached hydrogens (tertiary/aromatic N) is 2. The van der Waals surface area contributed by atoms with E-state index in [1.807, 2.05) is 24.3 Å². The van der Waals surface area contributed by atoms with Gasteiger partial charge in [-0.2, -0.15) is 4.31 Å². The Balaban J connectivity index is 1.55. The van der Waals surface area contributed by atoms with Crippen molar-refractivity contribution in [1.82, 2.24) is 9.21 Å². The van der Waals surface area contributed by atoms with Crippen LogP contribution in [-0.4, -0.2) is 68.4 Å². The van der Waals surface area contributed by atoms with Crippen LogP contribution in [0.15, 0.2) is 24.3 Å². The van der Waals surface area contributed by atoms with Gasteiger partial charge in [0.1, 0.15) is 11.4 Å². The first-order valence-electron chi connectivity index (χ1n) is 9.49. The van der Waals surface area contributed by atoms with Gasteiger partial charge in [0, 0.05) is 31.2 Å². The number of benzene rings is 1. The molecule has 26 heavy (non-hydrogen) atoms. The average Bonchev–Trinajstić information content (AvgIpc) is 2.79. The number of morpholine rings is 1. The summed E-state index contributed by atoms with van der Waals surface area (Å²) >= 11 is 0. The van der Waals surface area contributed by atoms with Gasteiger partial charge in [-0.25, -0.2) is 8.42 Å². The zero-order chi connectivity index (χ0) is 18.2. The van der Waals surface area contributed by atoms with E-state index in [4.69, 9.17) is 9.47 Å². The Morgan fingerprint density at radius 2 is 1.81 bits per heavy atom. The third-order valence-electron chi connectivity index (χ3n) is 6.01. The lowest BCUT2D eigenvalue weighted by Crippen LogP contribution is -2.53. The minimum absolute atomic E-state index is 0.393. The Hall–Kier alpha value is -1.15. The molecule has 144 valence electrons. The summed E-state index contributed by atoms with van der Waals surface area (Å²) in [6.45, 7) is 4.45. The van der Waals surface area contributed by atoms with Crippen molar-refractivity contribution in [2.45, 2.75) is 43.9 Å². The first kappa shape index (κ1) is 18.2. The van der Waals surface area contributed by atoms with E-state index in [0.717, 1.165) is 63.3 Å². The van der Waals surface area contributed by atoms with Gasteiger partial charge in [0.05, 0.1) is 26.0 Å². The number of hydrogen-bond acceptors (Lipinski definition) is 5. The van der Waals surface area contributed by atoms with E-state index in [1.54, 1.807) is 4.31 Å². The molecule has 0 N–H and O–H groups in total. The van der Waals surface area contributed by atoms with E-state index in [-0.39, 0.29) is 0 Å². The highest BCUT2D eigenvalue weighted by Gasteiger charge is 2.44. The molecule has 1 spiro atoms. The van der Waals surface area contributed by atoms with Crippen molar-refractivity contribution in [3.63, 3.8) is 0 Å². The molecule has 7 heteroatoms. The van der Waals surface area contributed by atoms with Crippen LogP contribution in [0.5, 0.6) is 5.75 Å². The van der Waals surface area contributed by atoms with Gasteiger partial charge in [0.2, 0.25) is 10.0 Å². The topological polar surface area (TPSA) is 59.1 Å². The molecular weight excluding hydrogens is 352 g/mol. The number of fused-ring (bicyclic) bond motifs is 1. The van der Waals surface area contributed by atoms with Crippen molar-refractivity contribution in [2.75, 3.05) is 39.1 Å². The van der Waals surface area contributed by atoms with Crippen LogP contribution in [0.1, 0.15) is 31.2 Å². The van der Waals surface area contributed by atoms with Crippen LogP contribution < -0.4 is 4.74 Å². The lowest BCUT2D eigenvalue weighted by Gasteiger charge is -2.44. The van der Waals surface area contributed by atoms with Crippen molar-refractivity contribution in [3.8, 4) is 5.75 Å². The molecule has 0 radical (unpaired) electrons. The molecule has 3 aliphatic rings. The maximum atomic E-state index is 12.3. The van der Waals surface area contributed by atoms with Crippen LogP contribution in [0.25, 0.3) is 0 Å². The fourth-order valence-corrected chi connectivity index (χ4v) is 5.34. The molecule has 1 saturated carbocycles. The predicted octanol–water partition coefficient (Wildman–Crippen LogP) is 1.85. The molecule has 1 aliphatic carbocycles. The van der Waals surface area contributed by atoms with Crippen LogP contribution in [0.2, 0.25) is 0 Å². The highest BCUT2D eigenvalue weighted by atomic mass is 32.2. The molecule has 0 unspecified atom stereocenters. The van der Waals surface area contributed by atoms with Gasteiger partial charge in [0.25, 0.3) is 0 Å². The lowest BCUT2D eigenvalue weighted by molar-refractivity contribution is -0.0319. The van der Waals surface area contributed by atoms with Gasteiger partial charge >= 0.3 is 0 Å². The van der Waals surface area contributed by atoms with Crippen LogP contribution in [0, 0.1) is 0 Å². The monoisotopic (exact) mass is 380 g/mol. The number of ether oxygens (including phenoxy) is 2. The molecule has 0 atom stereocenters. The Bertz CT molecular complexity index is 738. The van der Waals surface area contributed by atoms with E-state index in [2.05, 4.69) is 4.90 Å². The summed E-state index contributed by atoms with van der Waals surface area (Å²) in [4.78, 5) is 2.52. The largest absolute Gasteiger partial charge is 0.486 e. The summed E-state index contributed by atoms with van der Waals surface area (Å²) in [7, 11) is -3.27. The molecule has 4 rings (SSSR count). The molecule has 1 aromatic rings. The summed E-state index contributed by atoms with van der Waals surface area (Å²) in [6, 6.07) is 8.39. The van der Waals surface area contributed by atoms with Crippen LogP contribution >= 0.6 is 0 Å². The molecule has 2 fully saturated rings. The fraction of sp³-hybridized carbons (Fsp3) is 0.684. The minimum Gasteiger partial charge on any atom is -0.486 e. The van der Waals surface area contributed by atoms with Gasteiger partial charge in [-0.3, -0.25) is 4.90 Å². The van der Waals surface area contributed by atoms with E-state index in [0.29, 0.717) is 19.1 Å². The van der Waals surface area contributed by atoms with E-state index in [9.17, 15) is 8.42 Å². The molecule has 2 aliphatic heterocycles. The molecule has 6 nitrogen and oxygen atoms in total. The third-order valence-corrected chi connectivity index (χ3v) is 7.20. The SMILES string of the molecule is CS(=O)(=O)N1Cc2ccccc2OC2(CCC(N3CCOCC3)CC2)C1. The zero-order valence-electron chi connectivity index (χ0n) is 15.4. The molecule has 1 saturated heterocycles. The Morgan fingerprint density at radius 3 is 2.50 bits per heavy atom. The quantitative estimate of drug-likeness (QED) is 0.784. The van der Waals surface area contributed by atoms with E-state index in [1.165, 1.54) is 6.26 Å². The fourth-order valence-electron chi connectivity index (χ4n) is 4.50. The molecular formula is C19H28N2O4S. The summed E-state index contributed by atoms with van der Waals surface area (Å²) in [5, 5.41) is 0. The Kier molecular flexibility index (Phi) is 4.98. The second-order valence-electron chi connectivity index (χ2n) is 7.80. The van der Waals surface area contributed by atoms with Gasteiger partial charge in [-0.1, -0.05) is 18.2 Å². The van der Waals surface area contributed by atoms with Crippen LogP contribution in [0.3, 0.4) is 0 Å². The summed E-state index contributed by atoms with van der Waals surface area (Å²) in [6.07, 6.45) is 5.15. The van der Waals surface area contributed by atoms with Gasteiger partial charge < -0.3 is 9.47 Å².